The molecule has 0 unspecified atom stereocenters. The van der Waals surface area contributed by atoms with Crippen molar-refractivity contribution in [2.75, 3.05) is 11.9 Å². The highest BCUT2D eigenvalue weighted by Crippen LogP contribution is 2.30. The average molecular weight is 325 g/mol. The highest BCUT2D eigenvalue weighted by atomic mass is 16.1. The van der Waals surface area contributed by atoms with Crippen LogP contribution in [0.5, 0.6) is 0 Å². The average Bonchev–Trinajstić information content (AvgIpc) is 3.15. The summed E-state index contributed by atoms with van der Waals surface area (Å²) in [5.41, 5.74) is 0.551. The summed E-state index contributed by atoms with van der Waals surface area (Å²) in [5, 5.41) is 10.6. The molecule has 1 saturated carbocycles. The molecule has 1 amide bonds. The van der Waals surface area contributed by atoms with E-state index in [0.29, 0.717) is 24.2 Å². The van der Waals surface area contributed by atoms with Crippen molar-refractivity contribution in [3.8, 4) is 0 Å². The zero-order valence-electron chi connectivity index (χ0n) is 13.7. The number of carbonyl (C=O) groups is 1. The van der Waals surface area contributed by atoms with Gasteiger partial charge < -0.3 is 10.6 Å². The third-order valence-electron chi connectivity index (χ3n) is 4.36. The number of rotatable bonds is 6. The predicted octanol–water partition coefficient (Wildman–Crippen LogP) is 2.79. The molecule has 0 radical (unpaired) electrons. The topological polar surface area (TPSA) is 71.8 Å². The molecule has 3 rings (SSSR count). The van der Waals surface area contributed by atoms with Gasteiger partial charge in [-0.25, -0.2) is 4.98 Å². The lowest BCUT2D eigenvalue weighted by Crippen LogP contribution is -2.34. The zero-order chi connectivity index (χ0) is 16.8. The van der Waals surface area contributed by atoms with Crippen molar-refractivity contribution in [1.29, 1.82) is 0 Å². The molecule has 24 heavy (non-hydrogen) atoms. The molecule has 0 aliphatic heterocycles. The fourth-order valence-electron chi connectivity index (χ4n) is 3.14. The Balaban J connectivity index is 1.66. The molecule has 1 aliphatic rings. The number of carbonyl (C=O) groups excluding carboxylic acids is 1. The Labute approximate surface area is 142 Å². The van der Waals surface area contributed by atoms with Gasteiger partial charge in [-0.3, -0.25) is 9.48 Å². The lowest BCUT2D eigenvalue weighted by molar-refractivity contribution is 0.0957. The van der Waals surface area contributed by atoms with E-state index in [0.717, 1.165) is 18.7 Å². The molecule has 6 nitrogen and oxygen atoms in total. The van der Waals surface area contributed by atoms with Crippen molar-refractivity contribution in [3.05, 3.63) is 55.0 Å². The van der Waals surface area contributed by atoms with E-state index in [1.54, 1.807) is 18.3 Å². The summed E-state index contributed by atoms with van der Waals surface area (Å²) >= 11 is 0. The number of pyridine rings is 1. The molecule has 1 aliphatic carbocycles. The van der Waals surface area contributed by atoms with Crippen LogP contribution in [0.4, 0.5) is 5.82 Å². The highest BCUT2D eigenvalue weighted by Gasteiger charge is 2.27. The number of amides is 1. The minimum absolute atomic E-state index is 0.138. The number of anilines is 1. The van der Waals surface area contributed by atoms with Gasteiger partial charge in [-0.05, 0) is 31.0 Å². The van der Waals surface area contributed by atoms with Crippen LogP contribution in [0, 0.1) is 0 Å². The summed E-state index contributed by atoms with van der Waals surface area (Å²) in [4.78, 5) is 16.3. The molecule has 2 atom stereocenters. The van der Waals surface area contributed by atoms with E-state index in [1.807, 2.05) is 29.2 Å². The normalized spacial score (nSPS) is 20.3. The second-order valence-corrected chi connectivity index (χ2v) is 6.02. The minimum atomic E-state index is -0.138. The maximum atomic E-state index is 11.9. The lowest BCUT2D eigenvalue weighted by atomic mass is 9.90. The second-order valence-electron chi connectivity index (χ2n) is 6.02. The van der Waals surface area contributed by atoms with Gasteiger partial charge in [-0.1, -0.05) is 18.9 Å². The van der Waals surface area contributed by atoms with E-state index < -0.39 is 0 Å². The van der Waals surface area contributed by atoms with Crippen LogP contribution in [0.15, 0.2) is 49.4 Å². The van der Waals surface area contributed by atoms with Crippen LogP contribution in [-0.2, 0) is 0 Å². The fraction of sp³-hybridized carbons (Fsp3) is 0.389. The van der Waals surface area contributed by atoms with Crippen LogP contribution in [0.3, 0.4) is 0 Å². The van der Waals surface area contributed by atoms with E-state index in [2.05, 4.69) is 27.3 Å². The molecule has 6 heteroatoms. The molecular formula is C18H23N5O. The van der Waals surface area contributed by atoms with Crippen molar-refractivity contribution in [1.82, 2.24) is 20.1 Å². The van der Waals surface area contributed by atoms with Gasteiger partial charge in [0.05, 0.1) is 11.6 Å². The quantitative estimate of drug-likeness (QED) is 0.801. The molecule has 2 aromatic rings. The van der Waals surface area contributed by atoms with Crippen molar-refractivity contribution in [3.63, 3.8) is 0 Å². The van der Waals surface area contributed by atoms with Gasteiger partial charge in [0.15, 0.2) is 0 Å². The van der Waals surface area contributed by atoms with Gasteiger partial charge in [0, 0.05) is 31.2 Å². The number of nitrogens with zero attached hydrogens (tertiary/aromatic N) is 3. The summed E-state index contributed by atoms with van der Waals surface area (Å²) in [6.07, 6.45) is 11.7. The van der Waals surface area contributed by atoms with Crippen LogP contribution in [0.2, 0.25) is 0 Å². The van der Waals surface area contributed by atoms with E-state index in [-0.39, 0.29) is 5.91 Å². The van der Waals surface area contributed by atoms with E-state index in [4.69, 9.17) is 0 Å². The van der Waals surface area contributed by atoms with Gasteiger partial charge in [0.1, 0.15) is 5.82 Å². The molecule has 2 heterocycles. The largest absolute Gasteiger partial charge is 0.365 e. The third-order valence-corrected chi connectivity index (χ3v) is 4.36. The smallest absolute Gasteiger partial charge is 0.253 e. The molecule has 0 saturated heterocycles. The predicted molar refractivity (Wildman–Crippen MR) is 93.9 cm³/mol. The zero-order valence-corrected chi connectivity index (χ0v) is 13.7. The van der Waals surface area contributed by atoms with Gasteiger partial charge in [-0.2, -0.15) is 5.10 Å². The van der Waals surface area contributed by atoms with Crippen LogP contribution in [-0.4, -0.2) is 33.3 Å². The van der Waals surface area contributed by atoms with Crippen LogP contribution < -0.4 is 10.6 Å². The van der Waals surface area contributed by atoms with Crippen molar-refractivity contribution in [2.45, 2.75) is 37.8 Å². The van der Waals surface area contributed by atoms with Crippen molar-refractivity contribution in [2.24, 2.45) is 0 Å². The summed E-state index contributed by atoms with van der Waals surface area (Å²) < 4.78 is 2.04. The number of hydrogen-bond acceptors (Lipinski definition) is 4. The number of nitrogens with one attached hydrogen (secondary N) is 2. The molecule has 1 fully saturated rings. The standard InChI is InChI=1S/C18H23N5O/c1-2-10-19-18(24)14-8-9-17(20-13-14)22-15-6-3-4-7-16(15)23-12-5-11-21-23/h2,5,8-9,11-13,15-16H,1,3-4,6-7,10H2,(H,19,24)(H,20,22)/t15-,16+/m0/s1. The van der Waals surface area contributed by atoms with E-state index in [9.17, 15) is 4.79 Å². The Morgan fingerprint density at radius 2 is 2.25 bits per heavy atom. The van der Waals surface area contributed by atoms with Crippen LogP contribution >= 0.6 is 0 Å². The Bertz CT molecular complexity index is 665. The monoisotopic (exact) mass is 325 g/mol. The summed E-state index contributed by atoms with van der Waals surface area (Å²) in [6, 6.07) is 6.25. The number of aromatic nitrogens is 3. The SMILES string of the molecule is C=CCNC(=O)c1ccc(N[C@H]2CCCC[C@H]2n2cccn2)nc1. The maximum Gasteiger partial charge on any atom is 0.253 e. The van der Waals surface area contributed by atoms with Crippen LogP contribution in [0.25, 0.3) is 0 Å². The highest BCUT2D eigenvalue weighted by molar-refractivity contribution is 5.94. The van der Waals surface area contributed by atoms with Gasteiger partial charge in [0.25, 0.3) is 5.91 Å². The summed E-state index contributed by atoms with van der Waals surface area (Å²) in [6.45, 7) is 4.04. The molecule has 0 spiro atoms. The second kappa shape index (κ2) is 7.77. The molecule has 0 aromatic carbocycles. The first-order chi connectivity index (χ1) is 11.8. The maximum absolute atomic E-state index is 11.9. The van der Waals surface area contributed by atoms with Crippen molar-refractivity contribution >= 4 is 11.7 Å². The Morgan fingerprint density at radius 3 is 2.96 bits per heavy atom. The van der Waals surface area contributed by atoms with Crippen molar-refractivity contribution < 1.29 is 4.79 Å². The Kier molecular flexibility index (Phi) is 5.25. The van der Waals surface area contributed by atoms with E-state index in [1.165, 1.54) is 12.8 Å². The first kappa shape index (κ1) is 16.2. The van der Waals surface area contributed by atoms with Gasteiger partial charge >= 0.3 is 0 Å². The van der Waals surface area contributed by atoms with Crippen LogP contribution in [0.1, 0.15) is 42.1 Å². The Hall–Kier alpha value is -2.63. The first-order valence-corrected chi connectivity index (χ1v) is 8.39. The Morgan fingerprint density at radius 1 is 1.38 bits per heavy atom. The molecule has 0 bridgehead atoms. The van der Waals surface area contributed by atoms with Gasteiger partial charge in [0.2, 0.25) is 0 Å². The lowest BCUT2D eigenvalue weighted by Gasteiger charge is -2.32. The molecular weight excluding hydrogens is 302 g/mol. The fourth-order valence-corrected chi connectivity index (χ4v) is 3.14. The van der Waals surface area contributed by atoms with Gasteiger partial charge in [-0.15, -0.1) is 6.58 Å². The molecule has 2 N–H and O–H groups in total. The molecule has 2 aromatic heterocycles. The minimum Gasteiger partial charge on any atom is -0.365 e. The van der Waals surface area contributed by atoms with E-state index >= 15 is 0 Å². The first-order valence-electron chi connectivity index (χ1n) is 8.39. The summed E-state index contributed by atoms with van der Waals surface area (Å²) in [7, 11) is 0. The summed E-state index contributed by atoms with van der Waals surface area (Å²) in [5.74, 6) is 0.653. The number of hydrogen-bond donors (Lipinski definition) is 2. The molecule has 126 valence electrons. The third kappa shape index (κ3) is 3.82.